The Morgan fingerprint density at radius 3 is 2.67 bits per heavy atom. The number of aliphatic hydroxyl groups excluding tert-OH is 1. The van der Waals surface area contributed by atoms with Gasteiger partial charge in [-0.05, 0) is 31.2 Å². The van der Waals surface area contributed by atoms with Crippen LogP contribution in [0.25, 0.3) is 16.9 Å². The first-order chi connectivity index (χ1) is 10.2. The average Bonchev–Trinajstić information content (AvgIpc) is 2.91. The molecule has 0 aliphatic carbocycles. The fourth-order valence-corrected chi connectivity index (χ4v) is 2.29. The molecule has 3 rings (SSSR count). The Bertz CT molecular complexity index is 783. The van der Waals surface area contributed by atoms with Gasteiger partial charge in [-0.2, -0.15) is 0 Å². The fourth-order valence-electron chi connectivity index (χ4n) is 2.29. The van der Waals surface area contributed by atoms with E-state index in [1.165, 1.54) is 12.1 Å². The number of rotatable bonds is 3. The SMILES string of the molecule is Cc1cccc(-c2c(CO)nnn2-c2cccc(F)c2)c1. The molecule has 1 heterocycles. The monoisotopic (exact) mass is 283 g/mol. The third kappa shape index (κ3) is 2.55. The Kier molecular flexibility index (Phi) is 3.50. The lowest BCUT2D eigenvalue weighted by molar-refractivity contribution is 0.277. The van der Waals surface area contributed by atoms with Gasteiger partial charge in [-0.3, -0.25) is 0 Å². The van der Waals surface area contributed by atoms with E-state index in [1.807, 2.05) is 31.2 Å². The normalized spacial score (nSPS) is 10.8. The molecule has 0 spiro atoms. The van der Waals surface area contributed by atoms with Gasteiger partial charge in [0, 0.05) is 5.56 Å². The Balaban J connectivity index is 2.21. The van der Waals surface area contributed by atoms with Crippen LogP contribution < -0.4 is 0 Å². The molecule has 1 aromatic heterocycles. The summed E-state index contributed by atoms with van der Waals surface area (Å²) in [7, 11) is 0. The lowest BCUT2D eigenvalue weighted by Crippen LogP contribution is -2.01. The molecule has 2 aromatic carbocycles. The van der Waals surface area contributed by atoms with Gasteiger partial charge in [-0.1, -0.05) is 35.0 Å². The summed E-state index contributed by atoms with van der Waals surface area (Å²) in [6, 6.07) is 13.9. The summed E-state index contributed by atoms with van der Waals surface area (Å²) < 4.78 is 15.0. The summed E-state index contributed by atoms with van der Waals surface area (Å²) >= 11 is 0. The molecule has 0 saturated heterocycles. The number of aliphatic hydroxyl groups is 1. The second-order valence-electron chi connectivity index (χ2n) is 4.80. The van der Waals surface area contributed by atoms with E-state index in [-0.39, 0.29) is 12.4 Å². The maximum Gasteiger partial charge on any atom is 0.125 e. The van der Waals surface area contributed by atoms with Crippen molar-refractivity contribution in [3.8, 4) is 16.9 Å². The first kappa shape index (κ1) is 13.5. The standard InChI is InChI=1S/C16H14FN3O/c1-11-4-2-5-12(8-11)16-15(10-21)18-19-20(16)14-7-3-6-13(17)9-14/h2-9,21H,10H2,1H3. The number of nitrogens with zero attached hydrogens (tertiary/aromatic N) is 3. The lowest BCUT2D eigenvalue weighted by atomic mass is 10.1. The van der Waals surface area contributed by atoms with Gasteiger partial charge < -0.3 is 5.11 Å². The first-order valence-corrected chi connectivity index (χ1v) is 6.57. The Morgan fingerprint density at radius 2 is 1.95 bits per heavy atom. The van der Waals surface area contributed by atoms with Crippen LogP contribution in [0.1, 0.15) is 11.3 Å². The maximum absolute atomic E-state index is 13.4. The summed E-state index contributed by atoms with van der Waals surface area (Å²) in [5.41, 5.74) is 3.67. The van der Waals surface area contributed by atoms with Crippen molar-refractivity contribution < 1.29 is 9.50 Å². The molecule has 0 atom stereocenters. The highest BCUT2D eigenvalue weighted by Gasteiger charge is 2.16. The van der Waals surface area contributed by atoms with Crippen LogP contribution in [0.5, 0.6) is 0 Å². The van der Waals surface area contributed by atoms with Crippen molar-refractivity contribution in [2.75, 3.05) is 0 Å². The van der Waals surface area contributed by atoms with Crippen LogP contribution >= 0.6 is 0 Å². The molecule has 0 aliphatic heterocycles. The van der Waals surface area contributed by atoms with Crippen molar-refractivity contribution in [3.05, 3.63) is 65.6 Å². The van der Waals surface area contributed by atoms with Crippen LogP contribution in [-0.2, 0) is 6.61 Å². The number of halogens is 1. The minimum absolute atomic E-state index is 0.224. The highest BCUT2D eigenvalue weighted by Crippen LogP contribution is 2.26. The van der Waals surface area contributed by atoms with Crippen LogP contribution in [0.4, 0.5) is 4.39 Å². The molecule has 0 fully saturated rings. The van der Waals surface area contributed by atoms with Crippen molar-refractivity contribution in [1.29, 1.82) is 0 Å². The largest absolute Gasteiger partial charge is 0.390 e. The van der Waals surface area contributed by atoms with E-state index in [0.29, 0.717) is 17.1 Å². The third-order valence-corrected chi connectivity index (χ3v) is 3.23. The second kappa shape index (κ2) is 5.46. The van der Waals surface area contributed by atoms with Crippen LogP contribution in [0.2, 0.25) is 0 Å². The van der Waals surface area contributed by atoms with E-state index in [1.54, 1.807) is 16.8 Å². The van der Waals surface area contributed by atoms with Crippen LogP contribution in [0.3, 0.4) is 0 Å². The number of benzene rings is 2. The molecule has 0 saturated carbocycles. The van der Waals surface area contributed by atoms with E-state index in [4.69, 9.17) is 0 Å². The molecule has 21 heavy (non-hydrogen) atoms. The topological polar surface area (TPSA) is 50.9 Å². The Morgan fingerprint density at radius 1 is 1.14 bits per heavy atom. The smallest absolute Gasteiger partial charge is 0.125 e. The van der Waals surface area contributed by atoms with E-state index in [2.05, 4.69) is 10.3 Å². The van der Waals surface area contributed by atoms with Gasteiger partial charge >= 0.3 is 0 Å². The second-order valence-corrected chi connectivity index (χ2v) is 4.80. The highest BCUT2D eigenvalue weighted by atomic mass is 19.1. The predicted molar refractivity (Wildman–Crippen MR) is 77.4 cm³/mol. The average molecular weight is 283 g/mol. The van der Waals surface area contributed by atoms with Crippen LogP contribution in [-0.4, -0.2) is 20.1 Å². The van der Waals surface area contributed by atoms with Gasteiger partial charge in [0.2, 0.25) is 0 Å². The maximum atomic E-state index is 13.4. The van der Waals surface area contributed by atoms with Crippen molar-refractivity contribution >= 4 is 0 Å². The molecular weight excluding hydrogens is 269 g/mol. The number of hydrogen-bond donors (Lipinski definition) is 1. The van der Waals surface area contributed by atoms with E-state index >= 15 is 0 Å². The zero-order chi connectivity index (χ0) is 14.8. The quantitative estimate of drug-likeness (QED) is 0.804. The highest BCUT2D eigenvalue weighted by molar-refractivity contribution is 5.65. The van der Waals surface area contributed by atoms with Gasteiger partial charge in [0.1, 0.15) is 17.2 Å². The zero-order valence-electron chi connectivity index (χ0n) is 11.5. The molecule has 0 aliphatic rings. The lowest BCUT2D eigenvalue weighted by Gasteiger charge is -2.08. The molecule has 0 radical (unpaired) electrons. The zero-order valence-corrected chi connectivity index (χ0v) is 11.5. The summed E-state index contributed by atoms with van der Waals surface area (Å²) in [5.74, 6) is -0.344. The van der Waals surface area contributed by atoms with Gasteiger partial charge in [0.25, 0.3) is 0 Å². The summed E-state index contributed by atoms with van der Waals surface area (Å²) in [6.45, 7) is 1.76. The fraction of sp³-hybridized carbons (Fsp3) is 0.125. The van der Waals surface area contributed by atoms with Crippen molar-refractivity contribution in [2.45, 2.75) is 13.5 Å². The number of aryl methyl sites for hydroxylation is 1. The molecule has 3 aromatic rings. The molecule has 0 unspecified atom stereocenters. The molecule has 1 N–H and O–H groups in total. The minimum atomic E-state index is -0.344. The Hall–Kier alpha value is -2.53. The first-order valence-electron chi connectivity index (χ1n) is 6.57. The van der Waals surface area contributed by atoms with Gasteiger partial charge in [-0.25, -0.2) is 9.07 Å². The van der Waals surface area contributed by atoms with Crippen molar-refractivity contribution in [3.63, 3.8) is 0 Å². The van der Waals surface area contributed by atoms with E-state index < -0.39 is 0 Å². The number of hydrogen-bond acceptors (Lipinski definition) is 3. The van der Waals surface area contributed by atoms with Crippen molar-refractivity contribution in [2.24, 2.45) is 0 Å². The molecule has 4 nitrogen and oxygen atoms in total. The minimum Gasteiger partial charge on any atom is -0.390 e. The van der Waals surface area contributed by atoms with E-state index in [9.17, 15) is 9.50 Å². The molecule has 0 bridgehead atoms. The van der Waals surface area contributed by atoms with E-state index in [0.717, 1.165) is 11.1 Å². The Labute approximate surface area is 121 Å². The van der Waals surface area contributed by atoms with Gasteiger partial charge in [0.15, 0.2) is 0 Å². The van der Waals surface area contributed by atoms with Crippen LogP contribution in [0.15, 0.2) is 48.5 Å². The third-order valence-electron chi connectivity index (χ3n) is 3.23. The van der Waals surface area contributed by atoms with Gasteiger partial charge in [0.05, 0.1) is 12.3 Å². The van der Waals surface area contributed by atoms with Crippen LogP contribution in [0, 0.1) is 12.7 Å². The van der Waals surface area contributed by atoms with Gasteiger partial charge in [-0.15, -0.1) is 5.10 Å². The molecule has 106 valence electrons. The number of aromatic nitrogens is 3. The summed E-state index contributed by atoms with van der Waals surface area (Å²) in [5, 5.41) is 17.5. The molecule has 0 amide bonds. The predicted octanol–water partition coefficient (Wildman–Crippen LogP) is 2.87. The summed E-state index contributed by atoms with van der Waals surface area (Å²) in [6.07, 6.45) is 0. The summed E-state index contributed by atoms with van der Waals surface area (Å²) in [4.78, 5) is 0. The molecular formula is C16H14FN3O. The van der Waals surface area contributed by atoms with Crippen molar-refractivity contribution in [1.82, 2.24) is 15.0 Å². The molecule has 5 heteroatoms.